The van der Waals surface area contributed by atoms with Crippen molar-refractivity contribution >= 4 is 5.91 Å². The van der Waals surface area contributed by atoms with Gasteiger partial charge in [0.2, 0.25) is 0 Å². The third-order valence-electron chi connectivity index (χ3n) is 4.61. The average molecular weight is 345 g/mol. The van der Waals surface area contributed by atoms with Crippen LogP contribution in [0.3, 0.4) is 0 Å². The van der Waals surface area contributed by atoms with Gasteiger partial charge in [-0.15, -0.1) is 0 Å². The van der Waals surface area contributed by atoms with Crippen LogP contribution in [-0.4, -0.2) is 23.9 Å². The standard InChI is InChI=1S/C22H23N3O/c23-16-20(17-25-14-8-3-9-15-25)22(26)24-21(18-10-4-1-5-11-18)19-12-6-2-7-13-19/h1-2,4-7,10-13,17,21H,3,8-9,14-15H2,(H,24,26)/b20-17-. The molecule has 1 saturated heterocycles. The monoisotopic (exact) mass is 345 g/mol. The number of likely N-dealkylation sites (tertiary alicyclic amines) is 1. The largest absolute Gasteiger partial charge is 0.376 e. The van der Waals surface area contributed by atoms with E-state index in [1.54, 1.807) is 6.20 Å². The van der Waals surface area contributed by atoms with Crippen molar-refractivity contribution in [2.75, 3.05) is 13.1 Å². The normalized spacial score (nSPS) is 14.8. The van der Waals surface area contributed by atoms with E-state index in [2.05, 4.69) is 16.3 Å². The summed E-state index contributed by atoms with van der Waals surface area (Å²) in [5.74, 6) is -0.337. The van der Waals surface area contributed by atoms with Crippen molar-refractivity contribution in [1.82, 2.24) is 10.2 Å². The Hall–Kier alpha value is -3.06. The molecule has 0 bridgehead atoms. The number of rotatable bonds is 5. The maximum absolute atomic E-state index is 12.8. The SMILES string of the molecule is N#C/C(=C/N1CCCCC1)C(=O)NC(c1ccccc1)c1ccccc1. The highest BCUT2D eigenvalue weighted by atomic mass is 16.1. The number of carbonyl (C=O) groups is 1. The smallest absolute Gasteiger partial charge is 0.264 e. The van der Waals surface area contributed by atoms with E-state index in [4.69, 9.17) is 0 Å². The Kier molecular flexibility index (Phi) is 6.05. The molecular formula is C22H23N3O. The summed E-state index contributed by atoms with van der Waals surface area (Å²) in [5.41, 5.74) is 2.13. The summed E-state index contributed by atoms with van der Waals surface area (Å²) in [4.78, 5) is 14.8. The minimum Gasteiger partial charge on any atom is -0.376 e. The van der Waals surface area contributed by atoms with Gasteiger partial charge < -0.3 is 10.2 Å². The van der Waals surface area contributed by atoms with Gasteiger partial charge >= 0.3 is 0 Å². The van der Waals surface area contributed by atoms with Gasteiger partial charge in [0.1, 0.15) is 11.6 Å². The maximum atomic E-state index is 12.8. The number of nitrogens with zero attached hydrogens (tertiary/aromatic N) is 2. The fraction of sp³-hybridized carbons (Fsp3) is 0.273. The van der Waals surface area contributed by atoms with Crippen LogP contribution in [0.1, 0.15) is 36.4 Å². The fourth-order valence-electron chi connectivity index (χ4n) is 3.23. The number of hydrogen-bond donors (Lipinski definition) is 1. The maximum Gasteiger partial charge on any atom is 0.264 e. The number of benzene rings is 2. The molecule has 1 amide bonds. The van der Waals surface area contributed by atoms with Gasteiger partial charge in [0.15, 0.2) is 0 Å². The molecule has 26 heavy (non-hydrogen) atoms. The number of carbonyl (C=O) groups excluding carboxylic acids is 1. The molecule has 1 heterocycles. The van der Waals surface area contributed by atoms with Gasteiger partial charge in [0.25, 0.3) is 5.91 Å². The van der Waals surface area contributed by atoms with Gasteiger partial charge in [-0.05, 0) is 30.4 Å². The summed E-state index contributed by atoms with van der Waals surface area (Å²) in [6, 6.07) is 21.4. The molecule has 0 unspecified atom stereocenters. The van der Waals surface area contributed by atoms with Gasteiger partial charge in [-0.3, -0.25) is 4.79 Å². The molecule has 0 radical (unpaired) electrons. The summed E-state index contributed by atoms with van der Waals surface area (Å²) in [7, 11) is 0. The topological polar surface area (TPSA) is 56.1 Å². The van der Waals surface area contributed by atoms with E-state index in [9.17, 15) is 10.1 Å². The van der Waals surface area contributed by atoms with Crippen LogP contribution in [0.25, 0.3) is 0 Å². The van der Waals surface area contributed by atoms with Gasteiger partial charge in [-0.25, -0.2) is 0 Å². The summed E-state index contributed by atoms with van der Waals surface area (Å²) >= 11 is 0. The summed E-state index contributed by atoms with van der Waals surface area (Å²) in [6.45, 7) is 1.80. The first-order chi connectivity index (χ1) is 12.8. The number of amides is 1. The molecule has 2 aromatic carbocycles. The summed E-state index contributed by atoms with van der Waals surface area (Å²) in [6.07, 6.45) is 5.13. The quantitative estimate of drug-likeness (QED) is 0.663. The molecule has 0 spiro atoms. The van der Waals surface area contributed by atoms with Crippen molar-refractivity contribution < 1.29 is 4.79 Å². The van der Waals surface area contributed by atoms with Crippen molar-refractivity contribution in [3.05, 3.63) is 83.6 Å². The fourth-order valence-corrected chi connectivity index (χ4v) is 3.23. The minimum atomic E-state index is -0.337. The van der Waals surface area contributed by atoms with Crippen LogP contribution in [0.15, 0.2) is 72.4 Å². The van der Waals surface area contributed by atoms with E-state index in [-0.39, 0.29) is 17.5 Å². The molecule has 1 aliphatic heterocycles. The molecule has 132 valence electrons. The lowest BCUT2D eigenvalue weighted by molar-refractivity contribution is -0.117. The zero-order chi connectivity index (χ0) is 18.2. The Morgan fingerprint density at radius 1 is 0.962 bits per heavy atom. The van der Waals surface area contributed by atoms with Crippen molar-refractivity contribution in [3.63, 3.8) is 0 Å². The van der Waals surface area contributed by atoms with Gasteiger partial charge in [-0.1, -0.05) is 60.7 Å². The third-order valence-corrected chi connectivity index (χ3v) is 4.61. The number of hydrogen-bond acceptors (Lipinski definition) is 3. The van der Waals surface area contributed by atoms with E-state index in [0.29, 0.717) is 0 Å². The number of nitriles is 1. The molecule has 1 aliphatic rings. The Morgan fingerprint density at radius 3 is 2.00 bits per heavy atom. The van der Waals surface area contributed by atoms with Gasteiger partial charge in [0, 0.05) is 19.3 Å². The van der Waals surface area contributed by atoms with E-state index in [0.717, 1.165) is 37.1 Å². The lowest BCUT2D eigenvalue weighted by Gasteiger charge is -2.25. The van der Waals surface area contributed by atoms with E-state index < -0.39 is 0 Å². The Bertz CT molecular complexity index is 748. The van der Waals surface area contributed by atoms with Crippen LogP contribution in [0, 0.1) is 11.3 Å². The van der Waals surface area contributed by atoms with Gasteiger partial charge in [0.05, 0.1) is 6.04 Å². The lowest BCUT2D eigenvalue weighted by atomic mass is 9.98. The molecule has 3 rings (SSSR count). The molecule has 1 fully saturated rings. The first kappa shape index (κ1) is 17.8. The predicted molar refractivity (Wildman–Crippen MR) is 102 cm³/mol. The van der Waals surface area contributed by atoms with Crippen molar-refractivity contribution in [2.45, 2.75) is 25.3 Å². The predicted octanol–water partition coefficient (Wildman–Crippen LogP) is 3.79. The molecule has 0 saturated carbocycles. The van der Waals surface area contributed by atoms with Crippen LogP contribution in [0.4, 0.5) is 0 Å². The van der Waals surface area contributed by atoms with E-state index >= 15 is 0 Å². The first-order valence-electron chi connectivity index (χ1n) is 9.04. The molecule has 4 nitrogen and oxygen atoms in total. The summed E-state index contributed by atoms with van der Waals surface area (Å²) < 4.78 is 0. The second-order valence-corrected chi connectivity index (χ2v) is 6.48. The zero-order valence-corrected chi connectivity index (χ0v) is 14.8. The highest BCUT2D eigenvalue weighted by Crippen LogP contribution is 2.22. The molecular weight excluding hydrogens is 322 g/mol. The average Bonchev–Trinajstić information content (AvgIpc) is 2.72. The molecule has 0 aliphatic carbocycles. The minimum absolute atomic E-state index is 0.156. The van der Waals surface area contributed by atoms with Crippen molar-refractivity contribution in [3.8, 4) is 6.07 Å². The van der Waals surface area contributed by atoms with Crippen LogP contribution in [0.5, 0.6) is 0 Å². The Balaban J connectivity index is 1.83. The van der Waals surface area contributed by atoms with Crippen molar-refractivity contribution in [1.29, 1.82) is 5.26 Å². The second-order valence-electron chi connectivity index (χ2n) is 6.48. The molecule has 4 heteroatoms. The highest BCUT2D eigenvalue weighted by molar-refractivity contribution is 5.97. The lowest BCUT2D eigenvalue weighted by Crippen LogP contribution is -2.32. The Morgan fingerprint density at radius 2 is 1.50 bits per heavy atom. The zero-order valence-electron chi connectivity index (χ0n) is 14.8. The second kappa shape index (κ2) is 8.87. The van der Waals surface area contributed by atoms with Crippen molar-refractivity contribution in [2.24, 2.45) is 0 Å². The number of piperidine rings is 1. The first-order valence-corrected chi connectivity index (χ1v) is 9.04. The van der Waals surface area contributed by atoms with E-state index in [1.165, 1.54) is 6.42 Å². The number of nitrogens with one attached hydrogen (secondary N) is 1. The molecule has 0 aromatic heterocycles. The van der Waals surface area contributed by atoms with Crippen LogP contribution in [-0.2, 0) is 4.79 Å². The summed E-state index contributed by atoms with van der Waals surface area (Å²) in [5, 5.41) is 12.5. The molecule has 2 aromatic rings. The van der Waals surface area contributed by atoms with Gasteiger partial charge in [-0.2, -0.15) is 5.26 Å². The Labute approximate surface area is 154 Å². The van der Waals surface area contributed by atoms with Crippen LogP contribution in [0.2, 0.25) is 0 Å². The third kappa shape index (κ3) is 4.52. The molecule has 1 N–H and O–H groups in total. The highest BCUT2D eigenvalue weighted by Gasteiger charge is 2.20. The molecule has 0 atom stereocenters. The van der Waals surface area contributed by atoms with Crippen LogP contribution < -0.4 is 5.32 Å². The van der Waals surface area contributed by atoms with Crippen LogP contribution >= 0.6 is 0 Å². The van der Waals surface area contributed by atoms with E-state index in [1.807, 2.05) is 60.7 Å².